The first-order valence-electron chi connectivity index (χ1n) is 11.2. The van der Waals surface area contributed by atoms with E-state index in [-0.39, 0.29) is 36.0 Å². The number of halogens is 3. The van der Waals surface area contributed by atoms with Gasteiger partial charge in [-0.3, -0.25) is 10.2 Å². The zero-order chi connectivity index (χ0) is 30.0. The van der Waals surface area contributed by atoms with Crippen molar-refractivity contribution in [2.45, 2.75) is 50.3 Å². The number of nitrogens with one attached hydrogen (secondary N) is 3. The van der Waals surface area contributed by atoms with E-state index in [2.05, 4.69) is 10.0 Å². The lowest BCUT2D eigenvalue weighted by Crippen LogP contribution is -2.26. The Morgan fingerprint density at radius 3 is 2.08 bits per heavy atom. The lowest BCUT2D eigenvalue weighted by atomic mass is 10.1. The van der Waals surface area contributed by atoms with E-state index in [9.17, 15) is 31.2 Å². The van der Waals surface area contributed by atoms with E-state index in [4.69, 9.17) is 25.8 Å². The first kappa shape index (κ1) is 33.0. The smallest absolute Gasteiger partial charge is 0.475 e. The summed E-state index contributed by atoms with van der Waals surface area (Å²) >= 11 is 0. The van der Waals surface area contributed by atoms with Gasteiger partial charge in [-0.1, -0.05) is 6.07 Å². The molecular formula is C24H29F3N4O7S. The summed E-state index contributed by atoms with van der Waals surface area (Å²) < 4.78 is 64.1. The summed E-state index contributed by atoms with van der Waals surface area (Å²) in [6, 6.07) is 12.1. The Labute approximate surface area is 223 Å². The number of hydrogen-bond donors (Lipinski definition) is 5. The van der Waals surface area contributed by atoms with Crippen LogP contribution in [0.4, 0.5) is 18.9 Å². The number of amides is 1. The van der Waals surface area contributed by atoms with Gasteiger partial charge in [0.25, 0.3) is 0 Å². The second-order valence-corrected chi connectivity index (χ2v) is 10.6. The first-order valence-corrected chi connectivity index (χ1v) is 12.7. The number of amidine groups is 1. The number of carboxylic acids is 1. The van der Waals surface area contributed by atoms with Gasteiger partial charge in [0.1, 0.15) is 11.4 Å². The molecular weight excluding hydrogens is 545 g/mol. The molecule has 0 radical (unpaired) electrons. The number of carboxylic acid groups (broad SMARTS) is 1. The Balaban J connectivity index is 0.000000956. The van der Waals surface area contributed by atoms with Crippen LogP contribution in [0.15, 0.2) is 53.4 Å². The molecule has 0 aromatic heterocycles. The molecule has 0 saturated carbocycles. The monoisotopic (exact) mass is 574 g/mol. The van der Waals surface area contributed by atoms with Crippen LogP contribution in [0.2, 0.25) is 0 Å². The lowest BCUT2D eigenvalue weighted by molar-refractivity contribution is -0.192. The van der Waals surface area contributed by atoms with Crippen LogP contribution < -0.4 is 15.8 Å². The van der Waals surface area contributed by atoms with Gasteiger partial charge in [-0.05, 0) is 69.7 Å². The maximum absolute atomic E-state index is 12.3. The van der Waals surface area contributed by atoms with Gasteiger partial charge in [0, 0.05) is 24.2 Å². The van der Waals surface area contributed by atoms with Gasteiger partial charge in [0.05, 0.1) is 10.5 Å². The van der Waals surface area contributed by atoms with Crippen LogP contribution >= 0.6 is 0 Å². The molecule has 2 aromatic carbocycles. The van der Waals surface area contributed by atoms with Crippen molar-refractivity contribution >= 4 is 39.4 Å². The summed E-state index contributed by atoms with van der Waals surface area (Å²) in [7, 11) is -3.73. The van der Waals surface area contributed by atoms with Gasteiger partial charge in [-0.25, -0.2) is 22.7 Å². The highest BCUT2D eigenvalue weighted by molar-refractivity contribution is 7.89. The Morgan fingerprint density at radius 2 is 1.59 bits per heavy atom. The van der Waals surface area contributed by atoms with Crippen molar-refractivity contribution in [3.05, 3.63) is 59.7 Å². The third-order valence-electron chi connectivity index (χ3n) is 4.37. The SMILES string of the molecule is CC(C)(C)OC(=O)c1cccc(NC(=O)CCCNS(=O)(=O)c2ccc(C(=N)N)cc2)c1.O=C(O)C(F)(F)F. The number of esters is 1. The fourth-order valence-electron chi connectivity index (χ4n) is 2.64. The van der Waals surface area contributed by atoms with Crippen LogP contribution in [0.3, 0.4) is 0 Å². The normalized spacial score (nSPS) is 11.5. The molecule has 0 aliphatic carbocycles. The summed E-state index contributed by atoms with van der Waals surface area (Å²) in [5.41, 5.74) is 5.93. The molecule has 2 aromatic rings. The average Bonchev–Trinajstić information content (AvgIpc) is 2.81. The predicted octanol–water partition coefficient (Wildman–Crippen LogP) is 3.26. The number of sulfonamides is 1. The molecule has 0 fully saturated rings. The minimum absolute atomic E-state index is 0.0471. The molecule has 0 aliphatic rings. The number of ether oxygens (including phenoxy) is 1. The van der Waals surface area contributed by atoms with Crippen LogP contribution in [0.1, 0.15) is 49.5 Å². The molecule has 0 unspecified atom stereocenters. The second kappa shape index (κ2) is 13.7. The minimum atomic E-state index is -5.08. The van der Waals surface area contributed by atoms with E-state index in [0.29, 0.717) is 16.8 Å². The zero-order valence-corrected chi connectivity index (χ0v) is 22.1. The Bertz CT molecular complexity index is 1290. The van der Waals surface area contributed by atoms with Crippen molar-refractivity contribution < 1.29 is 45.8 Å². The average molecular weight is 575 g/mol. The number of nitrogens with two attached hydrogens (primary N) is 1. The van der Waals surface area contributed by atoms with Gasteiger partial charge < -0.3 is 20.9 Å². The van der Waals surface area contributed by atoms with Gasteiger partial charge in [0.2, 0.25) is 15.9 Å². The molecule has 0 heterocycles. The molecule has 15 heteroatoms. The quantitative estimate of drug-likeness (QED) is 0.131. The fourth-order valence-corrected chi connectivity index (χ4v) is 3.71. The Morgan fingerprint density at radius 1 is 1.03 bits per heavy atom. The number of rotatable bonds is 9. The van der Waals surface area contributed by atoms with Crippen LogP contribution in [-0.2, 0) is 24.3 Å². The summed E-state index contributed by atoms with van der Waals surface area (Å²) in [5.74, 6) is -3.70. The molecule has 11 nitrogen and oxygen atoms in total. The number of aliphatic carboxylic acids is 1. The third kappa shape index (κ3) is 12.4. The van der Waals surface area contributed by atoms with Crippen molar-refractivity contribution in [3.8, 4) is 0 Å². The van der Waals surface area contributed by atoms with Crippen LogP contribution in [0.25, 0.3) is 0 Å². The third-order valence-corrected chi connectivity index (χ3v) is 5.85. The van der Waals surface area contributed by atoms with Crippen LogP contribution in [0, 0.1) is 5.41 Å². The summed E-state index contributed by atoms with van der Waals surface area (Å²) in [6.45, 7) is 5.38. The highest BCUT2D eigenvalue weighted by Crippen LogP contribution is 2.16. The van der Waals surface area contributed by atoms with Crippen molar-refractivity contribution in [1.82, 2.24) is 4.72 Å². The summed E-state index contributed by atoms with van der Waals surface area (Å²) in [6.07, 6.45) is -4.72. The summed E-state index contributed by atoms with van der Waals surface area (Å²) in [4.78, 5) is 33.3. The molecule has 1 amide bonds. The molecule has 0 saturated heterocycles. The number of alkyl halides is 3. The highest BCUT2D eigenvalue weighted by Gasteiger charge is 2.38. The number of carbonyl (C=O) groups is 3. The van der Waals surface area contributed by atoms with Crippen molar-refractivity contribution in [3.63, 3.8) is 0 Å². The number of nitrogen functional groups attached to an aromatic ring is 1. The van der Waals surface area contributed by atoms with Crippen molar-refractivity contribution in [2.24, 2.45) is 5.73 Å². The zero-order valence-electron chi connectivity index (χ0n) is 21.3. The van der Waals surface area contributed by atoms with Gasteiger partial charge in [-0.2, -0.15) is 13.2 Å². The number of hydrogen-bond acceptors (Lipinski definition) is 7. The molecule has 39 heavy (non-hydrogen) atoms. The standard InChI is InChI=1S/C22H28N4O5S.C2HF3O2/c1-22(2,3)31-21(28)16-6-4-7-17(14-16)26-19(27)8-5-13-25-32(29,30)18-11-9-15(10-12-18)20(23)24;3-2(4,5)1(6)7/h4,6-7,9-12,14,25H,5,8,13H2,1-3H3,(H3,23,24)(H,26,27);(H,6,7). The lowest BCUT2D eigenvalue weighted by Gasteiger charge is -2.19. The fraction of sp³-hybridized carbons (Fsp3) is 0.333. The molecule has 0 aliphatic heterocycles. The van der Waals surface area contributed by atoms with E-state index in [0.717, 1.165) is 0 Å². The van der Waals surface area contributed by atoms with E-state index >= 15 is 0 Å². The van der Waals surface area contributed by atoms with E-state index in [1.807, 2.05) is 0 Å². The van der Waals surface area contributed by atoms with Gasteiger partial charge in [-0.15, -0.1) is 0 Å². The maximum atomic E-state index is 12.3. The van der Waals surface area contributed by atoms with E-state index in [1.54, 1.807) is 39.0 Å². The molecule has 0 atom stereocenters. The second-order valence-electron chi connectivity index (χ2n) is 8.87. The molecule has 214 valence electrons. The summed E-state index contributed by atoms with van der Waals surface area (Å²) in [5, 5.41) is 17.2. The van der Waals surface area contributed by atoms with Crippen molar-refractivity contribution in [2.75, 3.05) is 11.9 Å². The predicted molar refractivity (Wildman–Crippen MR) is 136 cm³/mol. The van der Waals surface area contributed by atoms with Crippen molar-refractivity contribution in [1.29, 1.82) is 5.41 Å². The number of anilines is 1. The Kier molecular flexibility index (Phi) is 11.6. The largest absolute Gasteiger partial charge is 0.490 e. The van der Waals surface area contributed by atoms with Gasteiger partial charge in [0.15, 0.2) is 0 Å². The number of benzene rings is 2. The number of carbonyl (C=O) groups excluding carboxylic acids is 2. The first-order chi connectivity index (χ1) is 17.8. The van der Waals surface area contributed by atoms with Crippen LogP contribution in [-0.4, -0.2) is 55.5 Å². The molecule has 2 rings (SSSR count). The topological polar surface area (TPSA) is 189 Å². The van der Waals surface area contributed by atoms with Crippen LogP contribution in [0.5, 0.6) is 0 Å². The molecule has 0 bridgehead atoms. The highest BCUT2D eigenvalue weighted by atomic mass is 32.2. The molecule has 6 N–H and O–H groups in total. The molecule has 0 spiro atoms. The Hall–Kier alpha value is -3.98. The maximum Gasteiger partial charge on any atom is 0.490 e. The van der Waals surface area contributed by atoms with Gasteiger partial charge >= 0.3 is 18.1 Å². The van der Waals surface area contributed by atoms with E-state index in [1.165, 1.54) is 30.3 Å². The minimum Gasteiger partial charge on any atom is -0.475 e. The van der Waals surface area contributed by atoms with E-state index < -0.39 is 33.7 Å².